The van der Waals surface area contributed by atoms with Gasteiger partial charge in [-0.15, -0.1) is 0 Å². The Morgan fingerprint density at radius 1 is 1.20 bits per heavy atom. The summed E-state index contributed by atoms with van der Waals surface area (Å²) in [4.78, 5) is 31.1. The molecule has 0 unspecified atom stereocenters. The molecule has 0 radical (unpaired) electrons. The van der Waals surface area contributed by atoms with E-state index in [0.29, 0.717) is 12.3 Å². The molecular formula is C20H20N2O3. The zero-order valence-corrected chi connectivity index (χ0v) is 14.8. The van der Waals surface area contributed by atoms with Crippen LogP contribution in [-0.2, 0) is 15.0 Å². The normalized spacial score (nSPS) is 24.8. The van der Waals surface area contributed by atoms with Crippen molar-refractivity contribution in [1.82, 2.24) is 4.90 Å². The number of rotatable bonds is 2. The van der Waals surface area contributed by atoms with Gasteiger partial charge in [-0.2, -0.15) is 0 Å². The van der Waals surface area contributed by atoms with Crippen LogP contribution in [0, 0.1) is 12.0 Å². The molecule has 0 spiro atoms. The highest BCUT2D eigenvalue weighted by molar-refractivity contribution is 6.10. The molecule has 128 valence electrons. The van der Waals surface area contributed by atoms with Crippen LogP contribution in [0.1, 0.15) is 19.4 Å². The van der Waals surface area contributed by atoms with Crippen molar-refractivity contribution >= 4 is 11.7 Å². The Kier molecular flexibility index (Phi) is 3.80. The molecule has 0 bridgehead atoms. The number of hydrogen-bond donors (Lipinski definition) is 0. The SMILES string of the molecule is [C-]#[N+]C1=C[C@@]2(c3ccc(OC)cc3)C(=O)N(C)CC=C2C(C)(C)C1=O. The molecule has 0 aromatic heterocycles. The lowest BCUT2D eigenvalue weighted by Crippen LogP contribution is -2.55. The summed E-state index contributed by atoms with van der Waals surface area (Å²) in [5, 5.41) is 0. The van der Waals surface area contributed by atoms with Crippen LogP contribution in [0.5, 0.6) is 5.75 Å². The van der Waals surface area contributed by atoms with Crippen molar-refractivity contribution in [3.8, 4) is 5.75 Å². The maximum absolute atomic E-state index is 13.3. The van der Waals surface area contributed by atoms with Gasteiger partial charge in [0.2, 0.25) is 11.6 Å². The number of hydrogen-bond acceptors (Lipinski definition) is 3. The van der Waals surface area contributed by atoms with Gasteiger partial charge in [-0.05, 0) is 23.3 Å². The van der Waals surface area contributed by atoms with Gasteiger partial charge in [0, 0.05) is 19.0 Å². The van der Waals surface area contributed by atoms with Crippen LogP contribution in [0.25, 0.3) is 4.85 Å². The molecule has 3 rings (SSSR count). The monoisotopic (exact) mass is 336 g/mol. The molecule has 1 heterocycles. The average molecular weight is 336 g/mol. The predicted octanol–water partition coefficient (Wildman–Crippen LogP) is 2.74. The van der Waals surface area contributed by atoms with Crippen LogP contribution in [0.4, 0.5) is 0 Å². The third-order valence-corrected chi connectivity index (χ3v) is 5.17. The number of ether oxygens (including phenoxy) is 1. The Balaban J connectivity index is 2.36. The summed E-state index contributed by atoms with van der Waals surface area (Å²) in [7, 11) is 3.31. The average Bonchev–Trinajstić information content (AvgIpc) is 2.61. The lowest BCUT2D eigenvalue weighted by atomic mass is 9.57. The summed E-state index contributed by atoms with van der Waals surface area (Å²) >= 11 is 0. The number of ketones is 1. The molecule has 0 saturated heterocycles. The van der Waals surface area contributed by atoms with Gasteiger partial charge in [0.05, 0.1) is 13.7 Å². The lowest BCUT2D eigenvalue weighted by molar-refractivity contribution is -0.135. The van der Waals surface area contributed by atoms with E-state index in [9.17, 15) is 9.59 Å². The van der Waals surface area contributed by atoms with Crippen molar-refractivity contribution in [2.24, 2.45) is 5.41 Å². The maximum atomic E-state index is 13.3. The summed E-state index contributed by atoms with van der Waals surface area (Å²) in [6, 6.07) is 7.23. The van der Waals surface area contributed by atoms with E-state index in [2.05, 4.69) is 4.85 Å². The molecule has 5 nitrogen and oxygen atoms in total. The van der Waals surface area contributed by atoms with E-state index in [-0.39, 0.29) is 17.4 Å². The molecule has 0 fully saturated rings. The van der Waals surface area contributed by atoms with Gasteiger partial charge >= 0.3 is 0 Å². The minimum atomic E-state index is -1.13. The van der Waals surface area contributed by atoms with Crippen molar-refractivity contribution in [2.75, 3.05) is 20.7 Å². The molecule has 25 heavy (non-hydrogen) atoms. The van der Waals surface area contributed by atoms with Crippen molar-refractivity contribution in [2.45, 2.75) is 19.3 Å². The lowest BCUT2D eigenvalue weighted by Gasteiger charge is -2.48. The molecule has 1 atom stereocenters. The Hall–Kier alpha value is -2.87. The highest BCUT2D eigenvalue weighted by atomic mass is 16.5. The third kappa shape index (κ3) is 2.21. The summed E-state index contributed by atoms with van der Waals surface area (Å²) in [6.45, 7) is 11.4. The van der Waals surface area contributed by atoms with E-state index >= 15 is 0 Å². The van der Waals surface area contributed by atoms with E-state index in [4.69, 9.17) is 11.3 Å². The number of carbonyl (C=O) groups excluding carboxylic acids is 2. The number of methoxy groups -OCH3 is 1. The zero-order valence-electron chi connectivity index (χ0n) is 14.8. The van der Waals surface area contributed by atoms with E-state index in [0.717, 1.165) is 11.1 Å². The minimum absolute atomic E-state index is 0.0154. The molecule has 5 heteroatoms. The Labute approximate surface area is 147 Å². The molecule has 0 saturated carbocycles. The molecule has 0 N–H and O–H groups in total. The summed E-state index contributed by atoms with van der Waals surface area (Å²) in [6.07, 6.45) is 3.49. The first-order valence-corrected chi connectivity index (χ1v) is 8.05. The fourth-order valence-corrected chi connectivity index (χ4v) is 3.79. The molecule has 1 aromatic rings. The number of allylic oxidation sites excluding steroid dienone is 1. The maximum Gasteiger partial charge on any atom is 0.240 e. The van der Waals surface area contributed by atoms with Gasteiger partial charge in [-0.1, -0.05) is 38.1 Å². The fraction of sp³-hybridized carbons (Fsp3) is 0.350. The topological polar surface area (TPSA) is 51.0 Å². The highest BCUT2D eigenvalue weighted by Crippen LogP contribution is 2.51. The second kappa shape index (κ2) is 5.59. The van der Waals surface area contributed by atoms with Crippen molar-refractivity contribution in [3.05, 3.63) is 64.7 Å². The largest absolute Gasteiger partial charge is 0.497 e. The highest BCUT2D eigenvalue weighted by Gasteiger charge is 2.56. The van der Waals surface area contributed by atoms with Crippen LogP contribution >= 0.6 is 0 Å². The van der Waals surface area contributed by atoms with E-state index in [1.54, 1.807) is 51.1 Å². The number of fused-ring (bicyclic) bond motifs is 1. The van der Waals surface area contributed by atoms with E-state index < -0.39 is 10.8 Å². The summed E-state index contributed by atoms with van der Waals surface area (Å²) < 4.78 is 5.21. The van der Waals surface area contributed by atoms with Gasteiger partial charge < -0.3 is 14.4 Å². The predicted molar refractivity (Wildman–Crippen MR) is 93.9 cm³/mol. The van der Waals surface area contributed by atoms with Crippen LogP contribution in [0.2, 0.25) is 0 Å². The second-order valence-corrected chi connectivity index (χ2v) is 6.94. The number of benzene rings is 1. The van der Waals surface area contributed by atoms with E-state index in [1.165, 1.54) is 0 Å². The number of nitrogens with zero attached hydrogens (tertiary/aromatic N) is 2. The van der Waals surface area contributed by atoms with Gasteiger partial charge in [-0.3, -0.25) is 4.79 Å². The molecule has 2 aliphatic rings. The van der Waals surface area contributed by atoms with Gasteiger partial charge in [0.15, 0.2) is 5.78 Å². The first-order chi connectivity index (χ1) is 11.8. The molecule has 1 aliphatic carbocycles. The summed E-state index contributed by atoms with van der Waals surface area (Å²) in [5.41, 5.74) is -0.549. The first-order valence-electron chi connectivity index (χ1n) is 8.05. The minimum Gasteiger partial charge on any atom is -0.497 e. The quantitative estimate of drug-likeness (QED) is 0.616. The second-order valence-electron chi connectivity index (χ2n) is 6.94. The molecule has 1 aromatic carbocycles. The smallest absolute Gasteiger partial charge is 0.240 e. The number of likely N-dealkylation sites (N-methyl/N-ethyl adjacent to an activating group) is 1. The Bertz CT molecular complexity index is 856. The fourth-order valence-electron chi connectivity index (χ4n) is 3.79. The standard InChI is InChI=1S/C20H20N2O3/c1-19(2)16-10-11-22(4)18(24)20(16,12-15(21-3)17(19)23)13-6-8-14(25-5)9-7-13/h6-10,12H,11H2,1-2,4-5H3/t20-/m0/s1. The molecule has 1 amide bonds. The Morgan fingerprint density at radius 3 is 2.40 bits per heavy atom. The van der Waals surface area contributed by atoms with Crippen molar-refractivity contribution in [3.63, 3.8) is 0 Å². The summed E-state index contributed by atoms with van der Waals surface area (Å²) in [5.74, 6) is 0.315. The number of Topliss-reactive ketones (excluding diaryl/α,β-unsaturated/α-hetero) is 1. The molecular weight excluding hydrogens is 316 g/mol. The van der Waals surface area contributed by atoms with Gasteiger partial charge in [0.1, 0.15) is 11.2 Å². The van der Waals surface area contributed by atoms with Gasteiger partial charge in [-0.25, -0.2) is 4.85 Å². The zero-order chi connectivity index (χ0) is 18.4. The van der Waals surface area contributed by atoms with Crippen molar-refractivity contribution in [1.29, 1.82) is 0 Å². The third-order valence-electron chi connectivity index (χ3n) is 5.17. The van der Waals surface area contributed by atoms with Crippen LogP contribution in [0.3, 0.4) is 0 Å². The van der Waals surface area contributed by atoms with Crippen LogP contribution in [0.15, 0.2) is 47.7 Å². The van der Waals surface area contributed by atoms with Gasteiger partial charge in [0.25, 0.3) is 0 Å². The van der Waals surface area contributed by atoms with Crippen LogP contribution < -0.4 is 4.74 Å². The number of carbonyl (C=O) groups is 2. The van der Waals surface area contributed by atoms with Crippen molar-refractivity contribution < 1.29 is 14.3 Å². The first kappa shape index (κ1) is 17.0. The van der Waals surface area contributed by atoms with Crippen LogP contribution in [-0.4, -0.2) is 37.3 Å². The Morgan fingerprint density at radius 2 is 1.84 bits per heavy atom. The number of amides is 1. The van der Waals surface area contributed by atoms with E-state index in [1.807, 2.05) is 18.2 Å². The molecule has 1 aliphatic heterocycles.